The Labute approximate surface area is 119 Å². The van der Waals surface area contributed by atoms with Crippen LogP contribution in [-0.4, -0.2) is 55.4 Å². The lowest BCUT2D eigenvalue weighted by Crippen LogP contribution is -2.47. The lowest BCUT2D eigenvalue weighted by Gasteiger charge is -2.36. The zero-order valence-electron chi connectivity index (χ0n) is 11.6. The summed E-state index contributed by atoms with van der Waals surface area (Å²) < 4.78 is 0. The summed E-state index contributed by atoms with van der Waals surface area (Å²) in [6.07, 6.45) is 0.128. The number of para-hydroxylation sites is 1. The minimum Gasteiger partial charge on any atom is -0.393 e. The molecule has 1 aliphatic heterocycles. The third kappa shape index (κ3) is 4.42. The van der Waals surface area contributed by atoms with Gasteiger partial charge in [0.15, 0.2) is 0 Å². The molecule has 1 N–H and O–H groups in total. The Kier molecular flexibility index (Phi) is 5.68. The number of aliphatic hydroxyl groups excluding tert-OH is 1. The number of aliphatic hydroxyl groups is 1. The molecule has 1 unspecified atom stereocenters. The van der Waals surface area contributed by atoms with Crippen LogP contribution in [0.1, 0.15) is 6.42 Å². The quantitative estimate of drug-likeness (QED) is 0.489. The number of hydrogen-bond donors (Lipinski definition) is 1. The number of anilines is 1. The minimum absolute atomic E-state index is 0.167. The molecule has 0 saturated carbocycles. The van der Waals surface area contributed by atoms with Crippen LogP contribution in [0, 0.1) is 0 Å². The maximum Gasteiger partial charge on any atom is 0.0608 e. The summed E-state index contributed by atoms with van der Waals surface area (Å²) in [5.74, 6) is 0. The van der Waals surface area contributed by atoms with Gasteiger partial charge in [0.1, 0.15) is 0 Å². The molecule has 0 amide bonds. The van der Waals surface area contributed by atoms with Crippen molar-refractivity contribution >= 4 is 5.69 Å². The van der Waals surface area contributed by atoms with Crippen LogP contribution in [0.25, 0.3) is 10.4 Å². The zero-order valence-corrected chi connectivity index (χ0v) is 11.6. The highest BCUT2D eigenvalue weighted by molar-refractivity contribution is 5.46. The van der Waals surface area contributed by atoms with E-state index < -0.39 is 6.10 Å². The first-order valence-corrected chi connectivity index (χ1v) is 7.01. The lowest BCUT2D eigenvalue weighted by atomic mass is 10.2. The summed E-state index contributed by atoms with van der Waals surface area (Å²) in [5, 5.41) is 13.0. The van der Waals surface area contributed by atoms with Gasteiger partial charge in [0.05, 0.1) is 12.6 Å². The normalized spacial score (nSPS) is 17.6. The predicted octanol–water partition coefficient (Wildman–Crippen LogP) is 1.87. The molecule has 1 aromatic carbocycles. The molecule has 20 heavy (non-hydrogen) atoms. The van der Waals surface area contributed by atoms with E-state index in [1.54, 1.807) is 0 Å². The van der Waals surface area contributed by atoms with Crippen LogP contribution in [0.15, 0.2) is 35.4 Å². The van der Waals surface area contributed by atoms with Gasteiger partial charge in [-0.25, -0.2) is 0 Å². The van der Waals surface area contributed by atoms with Gasteiger partial charge in [-0.15, -0.1) is 0 Å². The molecule has 6 nitrogen and oxygen atoms in total. The Hall–Kier alpha value is -1.75. The molecule has 2 rings (SSSR count). The molecule has 1 fully saturated rings. The summed E-state index contributed by atoms with van der Waals surface area (Å²) in [6, 6.07) is 10.4. The number of hydrogen-bond acceptors (Lipinski definition) is 4. The first kappa shape index (κ1) is 14.7. The molecule has 0 aromatic heterocycles. The monoisotopic (exact) mass is 275 g/mol. The van der Waals surface area contributed by atoms with E-state index in [1.165, 1.54) is 5.69 Å². The molecule has 0 bridgehead atoms. The number of nitrogens with zero attached hydrogens (tertiary/aromatic N) is 5. The second kappa shape index (κ2) is 7.75. The summed E-state index contributed by atoms with van der Waals surface area (Å²) >= 11 is 0. The fourth-order valence-electron chi connectivity index (χ4n) is 2.42. The maximum absolute atomic E-state index is 9.64. The van der Waals surface area contributed by atoms with Crippen molar-refractivity contribution < 1.29 is 5.11 Å². The first-order chi connectivity index (χ1) is 9.79. The predicted molar refractivity (Wildman–Crippen MR) is 79.7 cm³/mol. The molecule has 6 heteroatoms. The highest BCUT2D eigenvalue weighted by atomic mass is 16.3. The summed E-state index contributed by atoms with van der Waals surface area (Å²) in [7, 11) is 0. The fourth-order valence-corrected chi connectivity index (χ4v) is 2.42. The third-order valence-corrected chi connectivity index (χ3v) is 3.63. The van der Waals surface area contributed by atoms with Crippen LogP contribution in [0.4, 0.5) is 5.69 Å². The van der Waals surface area contributed by atoms with Crippen LogP contribution in [0.5, 0.6) is 0 Å². The maximum atomic E-state index is 9.64. The Morgan fingerprint density at radius 1 is 1.20 bits per heavy atom. The Morgan fingerprint density at radius 3 is 2.55 bits per heavy atom. The van der Waals surface area contributed by atoms with Crippen molar-refractivity contribution in [1.29, 1.82) is 0 Å². The minimum atomic E-state index is -0.530. The molecule has 1 aliphatic rings. The number of benzene rings is 1. The van der Waals surface area contributed by atoms with Gasteiger partial charge in [0.25, 0.3) is 0 Å². The highest BCUT2D eigenvalue weighted by Crippen LogP contribution is 2.15. The lowest BCUT2D eigenvalue weighted by molar-refractivity contribution is 0.144. The summed E-state index contributed by atoms with van der Waals surface area (Å²) in [5.41, 5.74) is 9.47. The van der Waals surface area contributed by atoms with E-state index >= 15 is 0 Å². The van der Waals surface area contributed by atoms with Gasteiger partial charge >= 0.3 is 0 Å². The van der Waals surface area contributed by atoms with Gasteiger partial charge in [0.2, 0.25) is 0 Å². The van der Waals surface area contributed by atoms with E-state index in [0.29, 0.717) is 6.42 Å². The average molecular weight is 275 g/mol. The largest absolute Gasteiger partial charge is 0.393 e. The van der Waals surface area contributed by atoms with Crippen LogP contribution in [0.2, 0.25) is 0 Å². The van der Waals surface area contributed by atoms with E-state index in [0.717, 1.165) is 32.7 Å². The van der Waals surface area contributed by atoms with Crippen LogP contribution >= 0.6 is 0 Å². The van der Waals surface area contributed by atoms with Gasteiger partial charge in [0, 0.05) is 43.3 Å². The van der Waals surface area contributed by atoms with E-state index in [4.69, 9.17) is 5.53 Å². The summed E-state index contributed by atoms with van der Waals surface area (Å²) in [4.78, 5) is 7.39. The van der Waals surface area contributed by atoms with Crippen LogP contribution in [-0.2, 0) is 0 Å². The second-order valence-corrected chi connectivity index (χ2v) is 5.02. The van der Waals surface area contributed by atoms with Gasteiger partial charge in [-0.3, -0.25) is 4.90 Å². The third-order valence-electron chi connectivity index (χ3n) is 3.63. The molecular weight excluding hydrogens is 254 g/mol. The molecule has 0 spiro atoms. The van der Waals surface area contributed by atoms with Crippen LogP contribution in [0.3, 0.4) is 0 Å². The van der Waals surface area contributed by atoms with E-state index in [-0.39, 0.29) is 6.54 Å². The molecule has 0 radical (unpaired) electrons. The molecule has 1 atom stereocenters. The Balaban J connectivity index is 1.70. The first-order valence-electron chi connectivity index (χ1n) is 7.01. The van der Waals surface area contributed by atoms with Crippen molar-refractivity contribution in [1.82, 2.24) is 4.90 Å². The summed E-state index contributed by atoms with van der Waals surface area (Å²) in [6.45, 7) is 5.05. The van der Waals surface area contributed by atoms with Gasteiger partial charge < -0.3 is 10.0 Å². The van der Waals surface area contributed by atoms with Crippen molar-refractivity contribution in [3.63, 3.8) is 0 Å². The van der Waals surface area contributed by atoms with Gasteiger partial charge in [-0.2, -0.15) is 0 Å². The second-order valence-electron chi connectivity index (χ2n) is 5.02. The molecule has 108 valence electrons. The van der Waals surface area contributed by atoms with Gasteiger partial charge in [-0.05, 0) is 24.1 Å². The molecule has 1 aromatic rings. The van der Waals surface area contributed by atoms with Crippen LogP contribution < -0.4 is 4.90 Å². The van der Waals surface area contributed by atoms with Crippen molar-refractivity contribution in [2.75, 3.05) is 44.2 Å². The highest BCUT2D eigenvalue weighted by Gasteiger charge is 2.17. The zero-order chi connectivity index (χ0) is 14.2. The van der Waals surface area contributed by atoms with Crippen molar-refractivity contribution in [3.8, 4) is 0 Å². The topological polar surface area (TPSA) is 75.5 Å². The SMILES string of the molecule is [N-]=[N+]=NCC(O)CCN1CCN(c2ccccc2)CC1. The number of rotatable bonds is 6. The Morgan fingerprint density at radius 2 is 1.90 bits per heavy atom. The molecule has 1 heterocycles. The number of azide groups is 1. The van der Waals surface area contributed by atoms with Crippen molar-refractivity contribution in [3.05, 3.63) is 40.8 Å². The molecular formula is C14H21N5O. The molecule has 1 saturated heterocycles. The Bertz CT molecular complexity index is 438. The van der Waals surface area contributed by atoms with Crippen molar-refractivity contribution in [2.24, 2.45) is 5.11 Å². The average Bonchev–Trinajstić information content (AvgIpc) is 2.52. The van der Waals surface area contributed by atoms with E-state index in [1.807, 2.05) is 6.07 Å². The van der Waals surface area contributed by atoms with E-state index in [9.17, 15) is 5.11 Å². The van der Waals surface area contributed by atoms with Crippen molar-refractivity contribution in [2.45, 2.75) is 12.5 Å². The standard InChI is InChI=1S/C14H21N5O/c15-17-16-12-14(20)6-7-18-8-10-19(11-9-18)13-4-2-1-3-5-13/h1-5,14,20H,6-12H2. The van der Waals surface area contributed by atoms with Gasteiger partial charge in [-0.1, -0.05) is 23.3 Å². The smallest absolute Gasteiger partial charge is 0.0608 e. The molecule has 0 aliphatic carbocycles. The van der Waals surface area contributed by atoms with E-state index in [2.05, 4.69) is 44.1 Å². The fraction of sp³-hybridized carbons (Fsp3) is 0.571. The number of piperazine rings is 1.